The summed E-state index contributed by atoms with van der Waals surface area (Å²) in [6.07, 6.45) is 8.60. The van der Waals surface area contributed by atoms with E-state index in [9.17, 15) is 4.79 Å². The Hall–Kier alpha value is -1.95. The van der Waals surface area contributed by atoms with Gasteiger partial charge in [0, 0.05) is 30.7 Å². The molecule has 1 saturated carbocycles. The van der Waals surface area contributed by atoms with Crippen LogP contribution in [-0.2, 0) is 14.3 Å². The van der Waals surface area contributed by atoms with E-state index in [1.54, 1.807) is 0 Å². The lowest BCUT2D eigenvalue weighted by atomic mass is 9.75. The molecule has 0 N–H and O–H groups in total. The van der Waals surface area contributed by atoms with Crippen molar-refractivity contribution in [1.29, 1.82) is 0 Å². The number of piperidine rings is 1. The molecule has 4 atom stereocenters. The van der Waals surface area contributed by atoms with Gasteiger partial charge in [-0.25, -0.2) is 0 Å². The summed E-state index contributed by atoms with van der Waals surface area (Å²) in [5.41, 5.74) is 1.98. The lowest BCUT2D eigenvalue weighted by Crippen LogP contribution is -2.38. The molecule has 37 heavy (non-hydrogen) atoms. The van der Waals surface area contributed by atoms with Crippen LogP contribution < -0.4 is 0 Å². The molecule has 1 aliphatic heterocycles. The zero-order valence-corrected chi connectivity index (χ0v) is 23.4. The highest BCUT2D eigenvalue weighted by molar-refractivity contribution is 6.30. The molecule has 0 bridgehead atoms. The van der Waals surface area contributed by atoms with Gasteiger partial charge in [-0.15, -0.1) is 0 Å². The van der Waals surface area contributed by atoms with Crippen molar-refractivity contribution in [2.75, 3.05) is 19.6 Å². The first kappa shape index (κ1) is 28.1. The van der Waals surface area contributed by atoms with Crippen molar-refractivity contribution < 1.29 is 14.3 Å². The maximum absolute atomic E-state index is 12.6. The van der Waals surface area contributed by atoms with E-state index in [0.717, 1.165) is 56.6 Å². The maximum Gasteiger partial charge on any atom is 0.306 e. The van der Waals surface area contributed by atoms with Gasteiger partial charge in [0.05, 0.1) is 11.8 Å². The molecule has 202 valence electrons. The van der Waals surface area contributed by atoms with Gasteiger partial charge in [-0.2, -0.15) is 0 Å². The number of benzene rings is 1. The van der Waals surface area contributed by atoms with Gasteiger partial charge >= 0.3 is 5.97 Å². The van der Waals surface area contributed by atoms with Crippen molar-refractivity contribution >= 4 is 17.6 Å². The molecule has 4 rings (SSSR count). The van der Waals surface area contributed by atoms with Crippen LogP contribution in [0.25, 0.3) is 0 Å². The first-order valence-electron chi connectivity index (χ1n) is 14.1. The van der Waals surface area contributed by atoms with Gasteiger partial charge in [0.2, 0.25) is 0 Å². The Kier molecular flexibility index (Phi) is 10.4. The number of carbonyl (C=O) groups is 1. The monoisotopic (exact) mass is 526 g/mol. The molecule has 0 radical (unpaired) electrons. The quantitative estimate of drug-likeness (QED) is 0.309. The fraction of sp³-hybridized carbons (Fsp3) is 0.613. The number of aromatic nitrogens is 1. The molecule has 2 aromatic rings. The van der Waals surface area contributed by atoms with Crippen LogP contribution in [-0.4, -0.2) is 47.7 Å². The predicted molar refractivity (Wildman–Crippen MR) is 149 cm³/mol. The Morgan fingerprint density at radius 2 is 1.84 bits per heavy atom. The van der Waals surface area contributed by atoms with E-state index in [2.05, 4.69) is 30.7 Å². The topological polar surface area (TPSA) is 51.7 Å². The van der Waals surface area contributed by atoms with E-state index in [1.807, 2.05) is 48.7 Å². The summed E-state index contributed by atoms with van der Waals surface area (Å²) in [6, 6.07) is 13.8. The van der Waals surface area contributed by atoms with Crippen LogP contribution >= 0.6 is 11.6 Å². The Labute approximate surface area is 227 Å². The Balaban J connectivity index is 1.21. The van der Waals surface area contributed by atoms with Crippen LogP contribution in [0.3, 0.4) is 0 Å². The number of pyridine rings is 1. The summed E-state index contributed by atoms with van der Waals surface area (Å²) in [5.74, 6) is 1.69. The number of halogens is 1. The summed E-state index contributed by atoms with van der Waals surface area (Å²) in [4.78, 5) is 19.6. The van der Waals surface area contributed by atoms with Gasteiger partial charge < -0.3 is 14.4 Å². The van der Waals surface area contributed by atoms with Crippen LogP contribution in [0.4, 0.5) is 0 Å². The van der Waals surface area contributed by atoms with Crippen LogP contribution in [0.5, 0.6) is 0 Å². The molecule has 0 amide bonds. The predicted octanol–water partition coefficient (Wildman–Crippen LogP) is 7.09. The maximum atomic E-state index is 12.6. The van der Waals surface area contributed by atoms with Crippen molar-refractivity contribution in [2.45, 2.75) is 84.0 Å². The summed E-state index contributed by atoms with van der Waals surface area (Å²) < 4.78 is 12.6. The van der Waals surface area contributed by atoms with E-state index in [1.165, 1.54) is 12.8 Å². The van der Waals surface area contributed by atoms with Crippen molar-refractivity contribution in [3.8, 4) is 0 Å². The molecule has 2 fully saturated rings. The lowest BCUT2D eigenvalue weighted by molar-refractivity contribution is -0.156. The Morgan fingerprint density at radius 1 is 1.08 bits per heavy atom. The highest BCUT2D eigenvalue weighted by atomic mass is 35.5. The zero-order valence-electron chi connectivity index (χ0n) is 22.7. The Bertz CT molecular complexity index is 960. The molecule has 1 aromatic heterocycles. The van der Waals surface area contributed by atoms with E-state index in [4.69, 9.17) is 21.1 Å². The third-order valence-corrected chi connectivity index (χ3v) is 8.34. The van der Waals surface area contributed by atoms with Gasteiger partial charge in [-0.1, -0.05) is 57.0 Å². The standard InChI is InChI=1S/C31H43ClN2O3/c1-22(2)27-14-9-23(3)21-29(27)37-30(35)8-6-18-34-19-15-26(16-20-34)36-31(28-7-4-5-17-33-28)24-10-12-25(32)13-11-24/h4-5,7,10-13,17,22-23,26-27,29,31H,6,8-9,14-16,18-21H2,1-3H3/t23-,27?,29-,31?/m1/s1. The molecular formula is C31H43ClN2O3. The minimum absolute atomic E-state index is 0.0239. The highest BCUT2D eigenvalue weighted by Crippen LogP contribution is 2.35. The fourth-order valence-corrected chi connectivity index (χ4v) is 6.00. The normalized spacial score (nSPS) is 24.2. The molecular weight excluding hydrogens is 484 g/mol. The molecule has 1 aliphatic carbocycles. The average Bonchev–Trinajstić information content (AvgIpc) is 2.89. The van der Waals surface area contributed by atoms with Crippen LogP contribution in [0.2, 0.25) is 5.02 Å². The van der Waals surface area contributed by atoms with E-state index in [0.29, 0.717) is 29.2 Å². The summed E-state index contributed by atoms with van der Waals surface area (Å²) in [5, 5.41) is 0.716. The first-order valence-corrected chi connectivity index (χ1v) is 14.5. The van der Waals surface area contributed by atoms with Crippen LogP contribution in [0.1, 0.15) is 83.1 Å². The summed E-state index contributed by atoms with van der Waals surface area (Å²) >= 11 is 6.11. The molecule has 5 nitrogen and oxygen atoms in total. The SMILES string of the molecule is CC(C)C1CC[C@@H](C)C[C@H]1OC(=O)CCCN1CCC(OC(c2ccc(Cl)cc2)c2ccccn2)CC1. The fourth-order valence-electron chi connectivity index (χ4n) is 5.87. The van der Waals surface area contributed by atoms with Crippen molar-refractivity contribution in [3.05, 3.63) is 64.9 Å². The Morgan fingerprint density at radius 3 is 2.51 bits per heavy atom. The van der Waals surface area contributed by atoms with Gasteiger partial charge in [-0.3, -0.25) is 9.78 Å². The van der Waals surface area contributed by atoms with E-state index >= 15 is 0 Å². The smallest absolute Gasteiger partial charge is 0.306 e. The first-order chi connectivity index (χ1) is 17.9. The number of hydrogen-bond donors (Lipinski definition) is 0. The number of likely N-dealkylation sites (tertiary alicyclic amines) is 1. The number of carbonyl (C=O) groups excluding carboxylic acids is 1. The summed E-state index contributed by atoms with van der Waals surface area (Å²) in [7, 11) is 0. The van der Waals surface area contributed by atoms with Gasteiger partial charge in [0.15, 0.2) is 0 Å². The van der Waals surface area contributed by atoms with E-state index < -0.39 is 0 Å². The molecule has 1 aromatic carbocycles. The molecule has 2 unspecified atom stereocenters. The summed E-state index contributed by atoms with van der Waals surface area (Å²) in [6.45, 7) is 9.66. The lowest BCUT2D eigenvalue weighted by Gasteiger charge is -2.36. The number of ether oxygens (including phenoxy) is 2. The zero-order chi connectivity index (χ0) is 26.2. The van der Waals surface area contributed by atoms with E-state index in [-0.39, 0.29) is 24.3 Å². The number of rotatable bonds is 10. The second kappa shape index (κ2) is 13.7. The third kappa shape index (κ3) is 8.27. The molecule has 2 aliphatic rings. The number of esters is 1. The van der Waals surface area contributed by atoms with Crippen molar-refractivity contribution in [3.63, 3.8) is 0 Å². The minimum atomic E-state index is -0.207. The average molecular weight is 527 g/mol. The van der Waals surface area contributed by atoms with Gasteiger partial charge in [0.25, 0.3) is 0 Å². The minimum Gasteiger partial charge on any atom is -0.462 e. The van der Waals surface area contributed by atoms with Gasteiger partial charge in [-0.05, 0) is 86.2 Å². The van der Waals surface area contributed by atoms with Crippen LogP contribution in [0, 0.1) is 17.8 Å². The molecule has 6 heteroatoms. The molecule has 0 spiro atoms. The highest BCUT2D eigenvalue weighted by Gasteiger charge is 2.33. The molecule has 1 saturated heterocycles. The number of hydrogen-bond acceptors (Lipinski definition) is 5. The van der Waals surface area contributed by atoms with Crippen molar-refractivity contribution in [1.82, 2.24) is 9.88 Å². The third-order valence-electron chi connectivity index (χ3n) is 8.09. The molecule has 2 heterocycles. The second-order valence-electron chi connectivity index (χ2n) is 11.3. The van der Waals surface area contributed by atoms with Gasteiger partial charge in [0.1, 0.15) is 12.2 Å². The number of nitrogens with zero attached hydrogens (tertiary/aromatic N) is 2. The second-order valence-corrected chi connectivity index (χ2v) is 11.8. The largest absolute Gasteiger partial charge is 0.462 e. The van der Waals surface area contributed by atoms with Crippen molar-refractivity contribution in [2.24, 2.45) is 17.8 Å². The van der Waals surface area contributed by atoms with Crippen LogP contribution in [0.15, 0.2) is 48.7 Å².